The van der Waals surface area contributed by atoms with Gasteiger partial charge in [0.25, 0.3) is 0 Å². The van der Waals surface area contributed by atoms with Gasteiger partial charge in [0.15, 0.2) is 0 Å². The first-order chi connectivity index (χ1) is 6.79. The highest BCUT2D eigenvalue weighted by Gasteiger charge is 2.12. The Morgan fingerprint density at radius 2 is 2.00 bits per heavy atom. The fraction of sp³-hybridized carbons (Fsp3) is 0.385. The number of allylic oxidation sites excluding steroid dienone is 1. The quantitative estimate of drug-likeness (QED) is 0.651. The molecule has 1 aromatic rings. The Morgan fingerprint density at radius 3 is 2.79 bits per heavy atom. The van der Waals surface area contributed by atoms with E-state index in [1.807, 2.05) is 0 Å². The number of hydrogen-bond donors (Lipinski definition) is 0. The molecule has 0 N–H and O–H groups in total. The normalized spacial score (nSPS) is 15.5. The van der Waals surface area contributed by atoms with Gasteiger partial charge in [-0.1, -0.05) is 24.3 Å². The minimum atomic E-state index is 0.533. The Hall–Kier alpha value is -1.24. The third kappa shape index (κ3) is 1.67. The molecule has 0 spiro atoms. The summed E-state index contributed by atoms with van der Waals surface area (Å²) >= 11 is 0. The Kier molecular flexibility index (Phi) is 2.58. The molecule has 0 bridgehead atoms. The number of para-hydroxylation sites is 1. The molecule has 2 rings (SSSR count). The van der Waals surface area contributed by atoms with Crippen LogP contribution in [0, 0.1) is 0 Å². The maximum absolute atomic E-state index is 2.35. The van der Waals surface area contributed by atoms with Gasteiger partial charge in [-0.15, -0.1) is 0 Å². The zero-order valence-electron chi connectivity index (χ0n) is 8.90. The lowest BCUT2D eigenvalue weighted by Crippen LogP contribution is -2.24. The van der Waals surface area contributed by atoms with Crippen molar-refractivity contribution in [3.63, 3.8) is 0 Å². The van der Waals surface area contributed by atoms with E-state index in [9.17, 15) is 0 Å². The first-order valence-corrected chi connectivity index (χ1v) is 5.32. The number of fused-ring (bicyclic) bond motifs is 1. The van der Waals surface area contributed by atoms with Crippen LogP contribution < -0.4 is 4.90 Å². The van der Waals surface area contributed by atoms with Crippen LogP contribution in [0.3, 0.4) is 0 Å². The van der Waals surface area contributed by atoms with Gasteiger partial charge < -0.3 is 4.90 Å². The third-order valence-corrected chi connectivity index (χ3v) is 2.67. The molecule has 0 fully saturated rings. The first kappa shape index (κ1) is 9.32. The van der Waals surface area contributed by atoms with Crippen LogP contribution >= 0.6 is 0 Å². The van der Waals surface area contributed by atoms with E-state index in [1.165, 1.54) is 11.3 Å². The topological polar surface area (TPSA) is 3.24 Å². The highest BCUT2D eigenvalue weighted by molar-refractivity contribution is 5.57. The third-order valence-electron chi connectivity index (χ3n) is 2.67. The van der Waals surface area contributed by atoms with Crippen LogP contribution in [0.5, 0.6) is 0 Å². The van der Waals surface area contributed by atoms with E-state index >= 15 is 0 Å². The van der Waals surface area contributed by atoms with Crippen molar-refractivity contribution in [3.8, 4) is 0 Å². The van der Waals surface area contributed by atoms with Gasteiger partial charge in [0.2, 0.25) is 0 Å². The highest BCUT2D eigenvalue weighted by Crippen LogP contribution is 2.26. The van der Waals surface area contributed by atoms with Crippen molar-refractivity contribution in [3.05, 3.63) is 42.1 Å². The van der Waals surface area contributed by atoms with Crippen LogP contribution in [0.25, 0.3) is 0 Å². The summed E-state index contributed by atoms with van der Waals surface area (Å²) in [4.78, 5) is 2.35. The van der Waals surface area contributed by atoms with Crippen molar-refractivity contribution in [2.75, 3.05) is 4.90 Å². The molecule has 0 atom stereocenters. The predicted molar refractivity (Wildman–Crippen MR) is 61.5 cm³/mol. The second-order valence-corrected chi connectivity index (χ2v) is 4.05. The summed E-state index contributed by atoms with van der Waals surface area (Å²) in [5.41, 5.74) is 2.84. The van der Waals surface area contributed by atoms with Crippen molar-refractivity contribution < 1.29 is 0 Å². The molecule has 0 saturated heterocycles. The molecule has 1 nitrogen and oxygen atoms in total. The Bertz CT molecular complexity index is 339. The van der Waals surface area contributed by atoms with Gasteiger partial charge in [0, 0.05) is 17.9 Å². The van der Waals surface area contributed by atoms with Crippen molar-refractivity contribution in [2.24, 2.45) is 0 Å². The zero-order valence-corrected chi connectivity index (χ0v) is 8.90. The Labute approximate surface area is 86.1 Å². The fourth-order valence-electron chi connectivity index (χ4n) is 1.93. The van der Waals surface area contributed by atoms with E-state index < -0.39 is 0 Å². The van der Waals surface area contributed by atoms with Crippen LogP contribution in [0.15, 0.2) is 36.5 Å². The van der Waals surface area contributed by atoms with E-state index in [1.54, 1.807) is 0 Å². The number of benzene rings is 1. The molecule has 0 amide bonds. The molecule has 14 heavy (non-hydrogen) atoms. The van der Waals surface area contributed by atoms with Crippen LogP contribution in [0.4, 0.5) is 5.69 Å². The smallest absolute Gasteiger partial charge is 0.0441 e. The predicted octanol–water partition coefficient (Wildman–Crippen LogP) is 3.36. The lowest BCUT2D eigenvalue weighted by atomic mass is 10.1. The zero-order chi connectivity index (χ0) is 9.97. The molecule has 0 radical (unpaired) electrons. The monoisotopic (exact) mass is 187 g/mol. The number of aryl methyl sites for hydroxylation is 1. The maximum Gasteiger partial charge on any atom is 0.0441 e. The first-order valence-electron chi connectivity index (χ1n) is 5.32. The van der Waals surface area contributed by atoms with Crippen LogP contribution in [0.2, 0.25) is 0 Å². The van der Waals surface area contributed by atoms with Gasteiger partial charge in [-0.2, -0.15) is 0 Å². The molecule has 1 aliphatic heterocycles. The number of hydrogen-bond acceptors (Lipinski definition) is 1. The van der Waals surface area contributed by atoms with Crippen LogP contribution in [-0.2, 0) is 6.42 Å². The van der Waals surface area contributed by atoms with Gasteiger partial charge in [-0.3, -0.25) is 0 Å². The summed E-state index contributed by atoms with van der Waals surface area (Å²) < 4.78 is 0. The van der Waals surface area contributed by atoms with Gasteiger partial charge in [-0.25, -0.2) is 0 Å². The van der Waals surface area contributed by atoms with Gasteiger partial charge in [0.1, 0.15) is 0 Å². The molecule has 1 aliphatic rings. The Balaban J connectivity index is 2.43. The van der Waals surface area contributed by atoms with Crippen molar-refractivity contribution >= 4 is 5.69 Å². The molecule has 1 aromatic carbocycles. The van der Waals surface area contributed by atoms with Crippen molar-refractivity contribution in [1.82, 2.24) is 0 Å². The average molecular weight is 187 g/mol. The fourth-order valence-corrected chi connectivity index (χ4v) is 1.93. The molecule has 0 aliphatic carbocycles. The molecule has 1 heteroatoms. The minimum absolute atomic E-state index is 0.533. The second kappa shape index (κ2) is 3.87. The molecule has 1 heterocycles. The lowest BCUT2D eigenvalue weighted by Gasteiger charge is -2.26. The van der Waals surface area contributed by atoms with Gasteiger partial charge in [0.05, 0.1) is 0 Å². The van der Waals surface area contributed by atoms with Crippen molar-refractivity contribution in [1.29, 1.82) is 0 Å². The van der Waals surface area contributed by atoms with Crippen molar-refractivity contribution in [2.45, 2.75) is 32.7 Å². The van der Waals surface area contributed by atoms with E-state index in [0.29, 0.717) is 6.04 Å². The lowest BCUT2D eigenvalue weighted by molar-refractivity contribution is 0.781. The summed E-state index contributed by atoms with van der Waals surface area (Å²) in [6.07, 6.45) is 6.80. The standard InChI is InChI=1S/C13H17N/c1-11(2)14-10-6-5-8-12-7-3-4-9-13(12)14/h3-4,6-7,9-11H,5,8H2,1-2H3. The highest BCUT2D eigenvalue weighted by atomic mass is 15.1. The number of rotatable bonds is 1. The molecular weight excluding hydrogens is 170 g/mol. The maximum atomic E-state index is 2.35. The van der Waals surface area contributed by atoms with Crippen LogP contribution in [-0.4, -0.2) is 6.04 Å². The largest absolute Gasteiger partial charge is 0.346 e. The summed E-state index contributed by atoms with van der Waals surface area (Å²) in [6.45, 7) is 4.46. The summed E-state index contributed by atoms with van der Waals surface area (Å²) in [5.74, 6) is 0. The number of anilines is 1. The van der Waals surface area contributed by atoms with Crippen LogP contribution in [0.1, 0.15) is 25.8 Å². The summed E-state index contributed by atoms with van der Waals surface area (Å²) in [7, 11) is 0. The van der Waals surface area contributed by atoms with Gasteiger partial charge in [-0.05, 0) is 38.3 Å². The van der Waals surface area contributed by atoms with E-state index in [-0.39, 0.29) is 0 Å². The SMILES string of the molecule is CC(C)N1C=CCCc2ccccc21. The second-order valence-electron chi connectivity index (χ2n) is 4.05. The molecular formula is C13H17N. The molecule has 74 valence electrons. The van der Waals surface area contributed by atoms with Gasteiger partial charge >= 0.3 is 0 Å². The molecule has 0 saturated carbocycles. The minimum Gasteiger partial charge on any atom is -0.346 e. The average Bonchev–Trinajstić information content (AvgIpc) is 2.39. The Morgan fingerprint density at radius 1 is 1.21 bits per heavy atom. The summed E-state index contributed by atoms with van der Waals surface area (Å²) in [6, 6.07) is 9.23. The molecule has 0 unspecified atom stereocenters. The number of nitrogens with zero attached hydrogens (tertiary/aromatic N) is 1. The summed E-state index contributed by atoms with van der Waals surface area (Å²) in [5, 5.41) is 0. The van der Waals surface area contributed by atoms with E-state index in [4.69, 9.17) is 0 Å². The molecule has 0 aromatic heterocycles. The van der Waals surface area contributed by atoms with E-state index in [2.05, 4.69) is 55.3 Å². The van der Waals surface area contributed by atoms with E-state index in [0.717, 1.165) is 12.8 Å².